The molecule has 0 aliphatic rings. The molecule has 0 heterocycles. The molecule has 4 heteroatoms. The maximum Gasteiger partial charge on any atom is 0.242 e. The van der Waals surface area contributed by atoms with E-state index in [0.717, 1.165) is 12.0 Å². The number of hydrogen-bond donors (Lipinski definition) is 2. The monoisotopic (exact) mass is 346 g/mol. The minimum Gasteiger partial charge on any atom is -0.354 e. The highest BCUT2D eigenvalue weighted by atomic mass is 16.2. The number of nitrogens with one attached hydrogen (secondary N) is 2. The molecule has 0 radical (unpaired) electrons. The van der Waals surface area contributed by atoms with Gasteiger partial charge in [-0.25, -0.2) is 0 Å². The molecule has 0 saturated carbocycles. The Kier molecular flexibility index (Phi) is 7.65. The van der Waals surface area contributed by atoms with Crippen molar-refractivity contribution in [1.29, 1.82) is 0 Å². The summed E-state index contributed by atoms with van der Waals surface area (Å²) in [5, 5.41) is 5.89. The molecule has 1 aromatic rings. The molecule has 25 heavy (non-hydrogen) atoms. The standard InChI is InChI=1S/C21H34N2O2/c1-20(2,3)12-13-22-19(25)17(14-16-10-8-7-9-11-16)23-18(24)15-21(4,5)6/h7-11,17H,12-15H2,1-6H3,(H,22,25)(H,23,24)/t17-/m0/s1. The van der Waals surface area contributed by atoms with Crippen LogP contribution in [-0.4, -0.2) is 24.4 Å². The highest BCUT2D eigenvalue weighted by molar-refractivity contribution is 5.88. The lowest BCUT2D eigenvalue weighted by atomic mass is 9.91. The fraction of sp³-hybridized carbons (Fsp3) is 0.619. The molecule has 0 spiro atoms. The quantitative estimate of drug-likeness (QED) is 0.791. The van der Waals surface area contributed by atoms with Crippen LogP contribution in [0.15, 0.2) is 30.3 Å². The van der Waals surface area contributed by atoms with Crippen molar-refractivity contribution in [3.05, 3.63) is 35.9 Å². The van der Waals surface area contributed by atoms with Gasteiger partial charge in [-0.15, -0.1) is 0 Å². The Morgan fingerprint density at radius 2 is 1.56 bits per heavy atom. The van der Waals surface area contributed by atoms with Gasteiger partial charge in [-0.2, -0.15) is 0 Å². The van der Waals surface area contributed by atoms with Crippen LogP contribution in [-0.2, 0) is 16.0 Å². The van der Waals surface area contributed by atoms with Gasteiger partial charge in [-0.1, -0.05) is 71.9 Å². The van der Waals surface area contributed by atoms with E-state index in [1.54, 1.807) is 0 Å². The molecule has 0 saturated heterocycles. The second-order valence-corrected chi connectivity index (χ2v) is 9.15. The van der Waals surface area contributed by atoms with Crippen molar-refractivity contribution in [1.82, 2.24) is 10.6 Å². The Hall–Kier alpha value is -1.84. The predicted molar refractivity (Wildman–Crippen MR) is 103 cm³/mol. The molecule has 0 fully saturated rings. The first-order valence-corrected chi connectivity index (χ1v) is 9.07. The topological polar surface area (TPSA) is 58.2 Å². The van der Waals surface area contributed by atoms with Crippen LogP contribution in [0.25, 0.3) is 0 Å². The van der Waals surface area contributed by atoms with Gasteiger partial charge in [0.1, 0.15) is 6.04 Å². The average Bonchev–Trinajstić information content (AvgIpc) is 2.44. The van der Waals surface area contributed by atoms with E-state index in [2.05, 4.69) is 31.4 Å². The second kappa shape index (κ2) is 9.02. The molecule has 0 unspecified atom stereocenters. The number of hydrogen-bond acceptors (Lipinski definition) is 2. The molecule has 2 amide bonds. The van der Waals surface area contributed by atoms with Gasteiger partial charge in [-0.3, -0.25) is 9.59 Å². The highest BCUT2D eigenvalue weighted by Gasteiger charge is 2.24. The molecule has 2 N–H and O–H groups in total. The largest absolute Gasteiger partial charge is 0.354 e. The van der Waals surface area contributed by atoms with Gasteiger partial charge >= 0.3 is 0 Å². The molecule has 140 valence electrons. The van der Waals surface area contributed by atoms with E-state index in [-0.39, 0.29) is 22.6 Å². The molecular formula is C21H34N2O2. The van der Waals surface area contributed by atoms with Crippen LogP contribution in [0, 0.1) is 10.8 Å². The van der Waals surface area contributed by atoms with Crippen molar-refractivity contribution in [2.45, 2.75) is 66.8 Å². The zero-order chi connectivity index (χ0) is 19.1. The van der Waals surface area contributed by atoms with Crippen LogP contribution in [0.5, 0.6) is 0 Å². The van der Waals surface area contributed by atoms with Crippen LogP contribution >= 0.6 is 0 Å². The Morgan fingerprint density at radius 3 is 2.08 bits per heavy atom. The minimum absolute atomic E-state index is 0.0839. The molecule has 0 aliphatic carbocycles. The van der Waals surface area contributed by atoms with Gasteiger partial charge in [0.15, 0.2) is 0 Å². The highest BCUT2D eigenvalue weighted by Crippen LogP contribution is 2.19. The Labute approximate surface area is 152 Å². The zero-order valence-electron chi connectivity index (χ0n) is 16.6. The van der Waals surface area contributed by atoms with E-state index in [9.17, 15) is 9.59 Å². The molecule has 1 rings (SSSR count). The fourth-order valence-electron chi connectivity index (χ4n) is 2.47. The van der Waals surface area contributed by atoms with E-state index in [4.69, 9.17) is 0 Å². The van der Waals surface area contributed by atoms with E-state index < -0.39 is 6.04 Å². The van der Waals surface area contributed by atoms with Gasteiger partial charge in [0.2, 0.25) is 11.8 Å². The fourth-order valence-corrected chi connectivity index (χ4v) is 2.47. The molecule has 4 nitrogen and oxygen atoms in total. The van der Waals surface area contributed by atoms with Gasteiger partial charge in [0, 0.05) is 19.4 Å². The Morgan fingerprint density at radius 1 is 0.960 bits per heavy atom. The van der Waals surface area contributed by atoms with E-state index in [1.807, 2.05) is 51.1 Å². The van der Waals surface area contributed by atoms with Crippen molar-refractivity contribution in [3.63, 3.8) is 0 Å². The maximum absolute atomic E-state index is 12.6. The first-order chi connectivity index (χ1) is 11.5. The first kappa shape index (κ1) is 21.2. The minimum atomic E-state index is -0.544. The summed E-state index contributed by atoms with van der Waals surface area (Å²) >= 11 is 0. The zero-order valence-corrected chi connectivity index (χ0v) is 16.6. The number of benzene rings is 1. The molecule has 0 aliphatic heterocycles. The third kappa shape index (κ3) is 9.90. The van der Waals surface area contributed by atoms with Crippen molar-refractivity contribution < 1.29 is 9.59 Å². The van der Waals surface area contributed by atoms with Crippen LogP contribution in [0.1, 0.15) is 59.9 Å². The van der Waals surface area contributed by atoms with Crippen molar-refractivity contribution >= 4 is 11.8 Å². The summed E-state index contributed by atoms with van der Waals surface area (Å²) in [6.45, 7) is 13.1. The maximum atomic E-state index is 12.6. The third-order valence-corrected chi connectivity index (χ3v) is 3.80. The Balaban J connectivity index is 2.73. The number of carbonyl (C=O) groups is 2. The third-order valence-electron chi connectivity index (χ3n) is 3.80. The van der Waals surface area contributed by atoms with Gasteiger partial charge in [-0.05, 0) is 22.8 Å². The first-order valence-electron chi connectivity index (χ1n) is 9.07. The number of carbonyl (C=O) groups excluding carboxylic acids is 2. The summed E-state index contributed by atoms with van der Waals surface area (Å²) in [6, 6.07) is 9.25. The normalized spacial score (nSPS) is 13.2. The predicted octanol–water partition coefficient (Wildman–Crippen LogP) is 3.70. The molecule has 1 atom stereocenters. The van der Waals surface area contributed by atoms with E-state index in [0.29, 0.717) is 19.4 Å². The lowest BCUT2D eigenvalue weighted by Crippen LogP contribution is -2.49. The van der Waals surface area contributed by atoms with Crippen molar-refractivity contribution in [2.24, 2.45) is 10.8 Å². The molecular weight excluding hydrogens is 312 g/mol. The van der Waals surface area contributed by atoms with Crippen LogP contribution in [0.2, 0.25) is 0 Å². The van der Waals surface area contributed by atoms with Crippen LogP contribution < -0.4 is 10.6 Å². The van der Waals surface area contributed by atoms with Crippen LogP contribution in [0.3, 0.4) is 0 Å². The molecule has 1 aromatic carbocycles. The summed E-state index contributed by atoms with van der Waals surface area (Å²) in [4.78, 5) is 24.9. The lowest BCUT2D eigenvalue weighted by Gasteiger charge is -2.23. The number of amides is 2. The van der Waals surface area contributed by atoms with Gasteiger partial charge in [0.25, 0.3) is 0 Å². The van der Waals surface area contributed by atoms with Crippen LogP contribution in [0.4, 0.5) is 0 Å². The smallest absolute Gasteiger partial charge is 0.242 e. The van der Waals surface area contributed by atoms with Crippen molar-refractivity contribution in [2.75, 3.05) is 6.54 Å². The summed E-state index contributed by atoms with van der Waals surface area (Å²) in [5.74, 6) is -0.199. The van der Waals surface area contributed by atoms with E-state index >= 15 is 0 Å². The summed E-state index contributed by atoms with van der Waals surface area (Å²) in [6.07, 6.45) is 1.79. The average molecular weight is 347 g/mol. The van der Waals surface area contributed by atoms with Gasteiger partial charge in [0.05, 0.1) is 0 Å². The Bertz CT molecular complexity index is 553. The SMILES string of the molecule is CC(C)(C)CCNC(=O)[C@H](Cc1ccccc1)NC(=O)CC(C)(C)C. The van der Waals surface area contributed by atoms with Crippen molar-refractivity contribution in [3.8, 4) is 0 Å². The summed E-state index contributed by atoms with van der Waals surface area (Å²) in [7, 11) is 0. The lowest BCUT2D eigenvalue weighted by molar-refractivity contribution is -0.130. The second-order valence-electron chi connectivity index (χ2n) is 9.15. The summed E-state index contributed by atoms with van der Waals surface area (Å²) < 4.78 is 0. The number of rotatable bonds is 7. The summed E-state index contributed by atoms with van der Waals surface area (Å²) in [5.41, 5.74) is 1.09. The molecule has 0 bridgehead atoms. The molecule has 0 aromatic heterocycles. The van der Waals surface area contributed by atoms with Gasteiger partial charge < -0.3 is 10.6 Å². The van der Waals surface area contributed by atoms with E-state index in [1.165, 1.54) is 0 Å².